The normalized spacial score (nSPS) is 15.6. The van der Waals surface area contributed by atoms with Crippen molar-refractivity contribution in [1.82, 2.24) is 0 Å². The minimum absolute atomic E-state index is 0.0483. The molecule has 0 spiro atoms. The van der Waals surface area contributed by atoms with Gasteiger partial charge in [0.1, 0.15) is 24.7 Å². The molecule has 2 atom stereocenters. The van der Waals surface area contributed by atoms with E-state index in [1.807, 2.05) is 24.3 Å². The summed E-state index contributed by atoms with van der Waals surface area (Å²) >= 11 is 4.64. The van der Waals surface area contributed by atoms with Crippen molar-refractivity contribution in [2.24, 2.45) is 5.73 Å². The minimum Gasteiger partial charge on any atom is -0.491 e. The van der Waals surface area contributed by atoms with Crippen LogP contribution in [0.5, 0.6) is 11.5 Å². The molecule has 2 unspecified atom stereocenters. The van der Waals surface area contributed by atoms with Gasteiger partial charge in [-0.05, 0) is 61.1 Å². The number of nitrogens with two attached hydrogens (primary N) is 1. The maximum Gasteiger partial charge on any atom is 0.119 e. The van der Waals surface area contributed by atoms with Crippen LogP contribution in [0, 0.1) is 0 Å². The summed E-state index contributed by atoms with van der Waals surface area (Å²) in [6.07, 6.45) is 8.50. The number of quaternary nitrogens is 1. The van der Waals surface area contributed by atoms with Crippen molar-refractivity contribution in [3.8, 4) is 11.5 Å². The Morgan fingerprint density at radius 3 is 1.57 bits per heavy atom. The average molecular weight is 686 g/mol. The van der Waals surface area contributed by atoms with Gasteiger partial charge >= 0.3 is 0 Å². The second-order valence-electron chi connectivity index (χ2n) is 11.1. The van der Waals surface area contributed by atoms with E-state index in [9.17, 15) is 0 Å². The molecule has 0 saturated carbocycles. The summed E-state index contributed by atoms with van der Waals surface area (Å²) in [7, 11) is 0. The Labute approximate surface area is 288 Å². The van der Waals surface area contributed by atoms with Crippen LogP contribution >= 0.6 is 11.6 Å². The quantitative estimate of drug-likeness (QED) is 0.0975. The molecule has 270 valence electrons. The maximum absolute atomic E-state index is 8.58. The second-order valence-corrected chi connectivity index (χ2v) is 11.1. The number of benzene rings is 2. The lowest BCUT2D eigenvalue weighted by Crippen LogP contribution is -3.14. The zero-order valence-electron chi connectivity index (χ0n) is 28.8. The van der Waals surface area contributed by atoms with Crippen molar-refractivity contribution in [3.63, 3.8) is 0 Å². The molecule has 5 N–H and O–H groups in total. The van der Waals surface area contributed by atoms with Crippen molar-refractivity contribution in [2.75, 3.05) is 105 Å². The Bertz CT molecular complexity index is 940. The molecule has 3 rings (SSSR count). The molecule has 0 amide bonds. The lowest BCUT2D eigenvalue weighted by molar-refractivity contribution is -0.905. The van der Waals surface area contributed by atoms with Crippen LogP contribution in [0.25, 0.3) is 0 Å². The number of aliphatic hydroxyl groups is 2. The molecule has 0 aliphatic carbocycles. The topological polar surface area (TPSA) is 126 Å². The smallest absolute Gasteiger partial charge is 0.119 e. The highest BCUT2D eigenvalue weighted by atomic mass is 35.5. The number of halogens is 1. The Hall–Kier alpha value is -1.99. The van der Waals surface area contributed by atoms with E-state index in [1.54, 1.807) is 4.90 Å². The van der Waals surface area contributed by atoms with E-state index in [0.717, 1.165) is 37.3 Å². The number of alkyl halides is 1. The van der Waals surface area contributed by atoms with Gasteiger partial charge in [0.2, 0.25) is 0 Å². The second kappa shape index (κ2) is 31.3. The molecule has 1 aliphatic heterocycles. The summed E-state index contributed by atoms with van der Waals surface area (Å²) < 4.78 is 32.2. The molecule has 2 aromatic carbocycles. The largest absolute Gasteiger partial charge is 0.491 e. The number of aryl methyl sites for hydroxylation is 2. The summed E-state index contributed by atoms with van der Waals surface area (Å²) in [4.78, 5) is 1.66. The molecule has 2 aromatic rings. The Morgan fingerprint density at radius 1 is 0.681 bits per heavy atom. The van der Waals surface area contributed by atoms with E-state index in [-0.39, 0.29) is 13.2 Å². The fourth-order valence-electron chi connectivity index (χ4n) is 4.96. The number of nitrogens with one attached hydrogen (secondary N) is 1. The van der Waals surface area contributed by atoms with E-state index in [0.29, 0.717) is 72.1 Å². The number of piperidine rings is 1. The fraction of sp³-hybridized carbons (Fsp3) is 0.667. The number of likely N-dealkylation sites (tertiary alicyclic amines) is 1. The third kappa shape index (κ3) is 23.9. The van der Waals surface area contributed by atoms with Crippen molar-refractivity contribution in [3.05, 3.63) is 59.7 Å². The van der Waals surface area contributed by atoms with Gasteiger partial charge in [-0.1, -0.05) is 37.6 Å². The SMILES string of the molecule is CCCc1ccc(OCCOCCOCCO)cc1.CCl.NC1CCC[NH+](CCCc2ccc(OCCOCCOCCO)cc2)C1. The summed E-state index contributed by atoms with van der Waals surface area (Å²) in [6.45, 7) is 10.8. The van der Waals surface area contributed by atoms with Crippen LogP contribution < -0.4 is 20.1 Å². The molecule has 47 heavy (non-hydrogen) atoms. The van der Waals surface area contributed by atoms with E-state index in [1.165, 1.54) is 49.9 Å². The molecule has 11 heteroatoms. The zero-order chi connectivity index (χ0) is 34.2. The molecule has 1 aliphatic rings. The number of hydrogen-bond acceptors (Lipinski definition) is 9. The van der Waals surface area contributed by atoms with Gasteiger partial charge in [0.05, 0.1) is 91.7 Å². The molecule has 1 saturated heterocycles. The van der Waals surface area contributed by atoms with Gasteiger partial charge in [0.25, 0.3) is 0 Å². The predicted octanol–water partition coefficient (Wildman–Crippen LogP) is 2.93. The van der Waals surface area contributed by atoms with Crippen LogP contribution in [0.15, 0.2) is 48.5 Å². The van der Waals surface area contributed by atoms with Crippen LogP contribution in [-0.4, -0.2) is 122 Å². The fourth-order valence-corrected chi connectivity index (χ4v) is 4.96. The Kier molecular flexibility index (Phi) is 28.6. The van der Waals surface area contributed by atoms with Gasteiger partial charge in [-0.2, -0.15) is 0 Å². The van der Waals surface area contributed by atoms with E-state index >= 15 is 0 Å². The minimum atomic E-state index is 0.0483. The van der Waals surface area contributed by atoms with E-state index < -0.39 is 0 Å². The van der Waals surface area contributed by atoms with Gasteiger partial charge < -0.3 is 49.3 Å². The van der Waals surface area contributed by atoms with Crippen LogP contribution in [0.4, 0.5) is 0 Å². The Morgan fingerprint density at radius 2 is 1.13 bits per heavy atom. The monoisotopic (exact) mass is 685 g/mol. The van der Waals surface area contributed by atoms with Gasteiger partial charge in [-0.3, -0.25) is 0 Å². The first-order chi connectivity index (χ1) is 23.1. The highest BCUT2D eigenvalue weighted by molar-refractivity contribution is 6.15. The molecular weight excluding hydrogens is 624 g/mol. The van der Waals surface area contributed by atoms with Crippen LogP contribution in [-0.2, 0) is 31.8 Å². The van der Waals surface area contributed by atoms with E-state index in [4.69, 9.17) is 44.4 Å². The molecule has 10 nitrogen and oxygen atoms in total. The molecule has 0 bridgehead atoms. The standard InChI is InChI=1S/C20H34N2O4.C15H24O4.CH3Cl/c21-19-4-2-10-22(17-19)9-1-3-18-5-7-20(8-6-18)26-16-15-25-14-13-24-12-11-23;1-2-3-14-4-6-15(7-5-14)19-13-12-18-11-10-17-9-8-16;1-2/h5-8,19,23H,1-4,9-17,21H2;4-7,16H,2-3,8-13H2,1H3;1H3/p+1. The zero-order valence-corrected chi connectivity index (χ0v) is 29.6. The van der Waals surface area contributed by atoms with Crippen LogP contribution in [0.1, 0.15) is 43.7 Å². The lowest BCUT2D eigenvalue weighted by atomic mass is 10.1. The summed E-state index contributed by atoms with van der Waals surface area (Å²) in [5.74, 6) is 1.75. The van der Waals surface area contributed by atoms with Crippen molar-refractivity contribution < 1.29 is 43.5 Å². The highest BCUT2D eigenvalue weighted by Gasteiger charge is 2.19. The molecule has 1 heterocycles. The van der Waals surface area contributed by atoms with Gasteiger partial charge in [0, 0.05) is 12.8 Å². The number of rotatable bonds is 24. The van der Waals surface area contributed by atoms with Crippen molar-refractivity contribution in [1.29, 1.82) is 0 Å². The van der Waals surface area contributed by atoms with Gasteiger partial charge in [-0.25, -0.2) is 0 Å². The van der Waals surface area contributed by atoms with E-state index in [2.05, 4.69) is 42.8 Å². The van der Waals surface area contributed by atoms with Crippen molar-refractivity contribution in [2.45, 2.75) is 51.5 Å². The van der Waals surface area contributed by atoms with Gasteiger partial charge in [-0.15, -0.1) is 11.6 Å². The van der Waals surface area contributed by atoms with Crippen molar-refractivity contribution >= 4 is 11.6 Å². The lowest BCUT2D eigenvalue weighted by Gasteiger charge is -2.27. The average Bonchev–Trinajstić information content (AvgIpc) is 3.10. The predicted molar refractivity (Wildman–Crippen MR) is 188 cm³/mol. The van der Waals surface area contributed by atoms with Crippen LogP contribution in [0.2, 0.25) is 0 Å². The first kappa shape index (κ1) is 43.0. The first-order valence-corrected chi connectivity index (χ1v) is 17.8. The summed E-state index contributed by atoms with van der Waals surface area (Å²) in [5.41, 5.74) is 8.75. The molecule has 1 fully saturated rings. The highest BCUT2D eigenvalue weighted by Crippen LogP contribution is 2.14. The first-order valence-electron chi connectivity index (χ1n) is 17.1. The third-order valence-electron chi connectivity index (χ3n) is 7.25. The third-order valence-corrected chi connectivity index (χ3v) is 7.25. The summed E-state index contributed by atoms with van der Waals surface area (Å²) in [6, 6.07) is 16.9. The number of hydrogen-bond donors (Lipinski definition) is 4. The number of ether oxygens (including phenoxy) is 6. The van der Waals surface area contributed by atoms with Gasteiger partial charge in [0.15, 0.2) is 0 Å². The molecular formula is C36H62ClN2O8+. The molecule has 0 aromatic heterocycles. The Balaban J connectivity index is 0.000000467. The van der Waals surface area contributed by atoms with Crippen LogP contribution in [0.3, 0.4) is 0 Å². The number of aliphatic hydroxyl groups excluding tert-OH is 2. The molecule has 0 radical (unpaired) electrons. The summed E-state index contributed by atoms with van der Waals surface area (Å²) in [5, 5.41) is 17.1. The maximum atomic E-state index is 8.58.